The van der Waals surface area contributed by atoms with E-state index in [0.717, 1.165) is 0 Å². The molecule has 0 unspecified atom stereocenters. The van der Waals surface area contributed by atoms with Gasteiger partial charge in [0.1, 0.15) is 0 Å². The van der Waals surface area contributed by atoms with Crippen LogP contribution in [0.25, 0.3) is 0 Å². The van der Waals surface area contributed by atoms with Gasteiger partial charge >= 0.3 is 0 Å². The predicted octanol–water partition coefficient (Wildman–Crippen LogP) is 0.929. The second kappa shape index (κ2) is 9.24. The normalized spacial score (nSPS) is 9.90. The van der Waals surface area contributed by atoms with Crippen LogP contribution >= 0.6 is 23.4 Å². The Morgan fingerprint density at radius 1 is 1.40 bits per heavy atom. The third-order valence-electron chi connectivity index (χ3n) is 0.720. The van der Waals surface area contributed by atoms with E-state index in [1.807, 2.05) is 0 Å². The molecule has 0 N–H and O–H groups in total. The highest BCUT2D eigenvalue weighted by Crippen LogP contribution is 1.93. The van der Waals surface area contributed by atoms with Gasteiger partial charge in [0.2, 0.25) is 0 Å². The molecule has 0 spiro atoms. The molecule has 0 bridgehead atoms. The molecule has 0 saturated heterocycles. The maximum atomic E-state index is 5.61. The average Bonchev–Trinajstić information content (AvgIpc) is 1.85. The first kappa shape index (κ1) is 12.9. The largest absolute Gasteiger partial charge is 0.213 e. The fourth-order valence-electron chi connectivity index (χ4n) is 0.369. The Hall–Kier alpha value is 0.237. The summed E-state index contributed by atoms with van der Waals surface area (Å²) >= 11 is 10.9. The van der Waals surface area contributed by atoms with Crippen molar-refractivity contribution in [3.63, 3.8) is 0 Å². The van der Waals surface area contributed by atoms with Gasteiger partial charge < -0.3 is 0 Å². The molecule has 0 atom stereocenters. The zero-order valence-electron chi connectivity index (χ0n) is 5.06. The smallest absolute Gasteiger partial charge is 0.0334 e. The minimum atomic E-state index is 0. The molecule has 4 heteroatoms. The number of halogens is 2. The summed E-state index contributed by atoms with van der Waals surface area (Å²) in [6.45, 7) is 4.84. The van der Waals surface area contributed by atoms with Gasteiger partial charge in [-0.15, -0.1) is 6.58 Å². The van der Waals surface area contributed by atoms with Crippen LogP contribution in [0.3, 0.4) is 0 Å². The first-order chi connectivity index (χ1) is 4.31. The molecule has 0 aliphatic heterocycles. The van der Waals surface area contributed by atoms with E-state index < -0.39 is 0 Å². The second-order valence-electron chi connectivity index (χ2n) is 1.48. The van der Waals surface area contributed by atoms with Crippen LogP contribution in [0, 0.1) is 0 Å². The molecule has 1 nitrogen and oxygen atoms in total. The van der Waals surface area contributed by atoms with E-state index in [2.05, 4.69) is 6.58 Å². The summed E-state index contributed by atoms with van der Waals surface area (Å²) in [7, 11) is 0. The molecule has 0 heterocycles. The lowest BCUT2D eigenvalue weighted by Crippen LogP contribution is -2.10. The SMILES string of the molecule is C=CCN(Cl)CC=CCl.[SiH4]. The van der Waals surface area contributed by atoms with Crippen LogP contribution in [0.1, 0.15) is 0 Å². The van der Waals surface area contributed by atoms with Crippen LogP contribution < -0.4 is 0 Å². The number of hydrogen-bond acceptors (Lipinski definition) is 1. The molecule has 0 aromatic rings. The quantitative estimate of drug-likeness (QED) is 0.369. The third kappa shape index (κ3) is 8.24. The van der Waals surface area contributed by atoms with Crippen molar-refractivity contribution in [3.05, 3.63) is 24.3 Å². The number of rotatable bonds is 4. The monoisotopic (exact) mass is 197 g/mol. The van der Waals surface area contributed by atoms with E-state index in [1.54, 1.807) is 16.6 Å². The molecule has 0 radical (unpaired) electrons. The molecular formula is C6H13Cl2NSi. The van der Waals surface area contributed by atoms with E-state index in [9.17, 15) is 0 Å². The van der Waals surface area contributed by atoms with E-state index in [-0.39, 0.29) is 11.0 Å². The molecule has 0 rings (SSSR count). The fourth-order valence-corrected chi connectivity index (χ4v) is 0.626. The highest BCUT2D eigenvalue weighted by Gasteiger charge is 1.90. The van der Waals surface area contributed by atoms with Crippen molar-refractivity contribution in [2.24, 2.45) is 0 Å². The maximum Gasteiger partial charge on any atom is 0.0334 e. The number of nitrogens with zero attached hydrogens (tertiary/aromatic N) is 1. The molecule has 0 saturated carbocycles. The van der Waals surface area contributed by atoms with Crippen molar-refractivity contribution in [1.29, 1.82) is 0 Å². The molecule has 0 aromatic carbocycles. The van der Waals surface area contributed by atoms with Crippen molar-refractivity contribution < 1.29 is 0 Å². The molecular weight excluding hydrogens is 185 g/mol. The minimum absolute atomic E-state index is 0. The van der Waals surface area contributed by atoms with Crippen molar-refractivity contribution in [2.75, 3.05) is 13.1 Å². The summed E-state index contributed by atoms with van der Waals surface area (Å²) in [6, 6.07) is 0. The Morgan fingerprint density at radius 3 is 2.40 bits per heavy atom. The zero-order valence-corrected chi connectivity index (χ0v) is 6.57. The fraction of sp³-hybridized carbons (Fsp3) is 0.333. The van der Waals surface area contributed by atoms with Gasteiger partial charge in [0.15, 0.2) is 0 Å². The first-order valence-electron chi connectivity index (χ1n) is 2.58. The molecule has 0 aromatic heterocycles. The Labute approximate surface area is 76.4 Å². The van der Waals surface area contributed by atoms with Crippen molar-refractivity contribution in [3.8, 4) is 0 Å². The highest BCUT2D eigenvalue weighted by atomic mass is 35.5. The first-order valence-corrected chi connectivity index (χ1v) is 3.35. The maximum absolute atomic E-state index is 5.61. The van der Waals surface area contributed by atoms with Gasteiger partial charge in [-0.3, -0.25) is 0 Å². The highest BCUT2D eigenvalue weighted by molar-refractivity contribution is 6.25. The van der Waals surface area contributed by atoms with E-state index >= 15 is 0 Å². The minimum Gasteiger partial charge on any atom is -0.213 e. The van der Waals surface area contributed by atoms with Crippen LogP contribution in [-0.2, 0) is 0 Å². The van der Waals surface area contributed by atoms with Crippen molar-refractivity contribution in [2.45, 2.75) is 0 Å². The second-order valence-corrected chi connectivity index (χ2v) is 2.21. The van der Waals surface area contributed by atoms with Crippen LogP contribution in [0.5, 0.6) is 0 Å². The van der Waals surface area contributed by atoms with Gasteiger partial charge in [0.05, 0.1) is 0 Å². The van der Waals surface area contributed by atoms with Crippen LogP contribution in [-0.4, -0.2) is 28.5 Å². The average molecular weight is 198 g/mol. The molecule has 60 valence electrons. The third-order valence-corrected chi connectivity index (χ3v) is 1.17. The Balaban J connectivity index is 0. The summed E-state index contributed by atoms with van der Waals surface area (Å²) in [5.74, 6) is 0. The number of hydrogen-bond donors (Lipinski definition) is 0. The molecule has 0 fully saturated rings. The molecule has 0 aliphatic rings. The van der Waals surface area contributed by atoms with Gasteiger partial charge in [-0.25, -0.2) is 4.42 Å². The molecule has 0 amide bonds. The van der Waals surface area contributed by atoms with Crippen molar-refractivity contribution >= 4 is 34.3 Å². The molecule has 10 heavy (non-hydrogen) atoms. The van der Waals surface area contributed by atoms with Gasteiger partial charge in [-0.2, -0.15) is 0 Å². The van der Waals surface area contributed by atoms with Gasteiger partial charge in [-0.05, 0) is 22.7 Å². The summed E-state index contributed by atoms with van der Waals surface area (Å²) in [5.41, 5.74) is 1.44. The van der Waals surface area contributed by atoms with E-state index in [4.69, 9.17) is 23.4 Å². The lowest BCUT2D eigenvalue weighted by Gasteiger charge is -2.05. The lowest BCUT2D eigenvalue weighted by molar-refractivity contribution is 0.560. The van der Waals surface area contributed by atoms with E-state index in [1.165, 1.54) is 5.54 Å². The van der Waals surface area contributed by atoms with Gasteiger partial charge in [-0.1, -0.05) is 23.8 Å². The van der Waals surface area contributed by atoms with E-state index in [0.29, 0.717) is 13.1 Å². The van der Waals surface area contributed by atoms with Gasteiger partial charge in [0.25, 0.3) is 0 Å². The standard InChI is InChI=1S/C6H9Cl2N.H4Si/c1-2-5-9(8)6-3-4-7;/h2-4H,1,5-6H2;1H4. The van der Waals surface area contributed by atoms with Crippen LogP contribution in [0.15, 0.2) is 24.3 Å². The van der Waals surface area contributed by atoms with Gasteiger partial charge in [0, 0.05) is 18.6 Å². The van der Waals surface area contributed by atoms with Crippen molar-refractivity contribution in [1.82, 2.24) is 4.42 Å². The topological polar surface area (TPSA) is 3.24 Å². The summed E-state index contributed by atoms with van der Waals surface area (Å²) < 4.78 is 1.58. The lowest BCUT2D eigenvalue weighted by atomic mass is 10.5. The predicted molar refractivity (Wildman–Crippen MR) is 54.0 cm³/mol. The Bertz CT molecular complexity index is 106. The summed E-state index contributed by atoms with van der Waals surface area (Å²) in [4.78, 5) is 0. The van der Waals surface area contributed by atoms with Crippen LogP contribution in [0.4, 0.5) is 0 Å². The van der Waals surface area contributed by atoms with Crippen LogP contribution in [0.2, 0.25) is 0 Å². The molecule has 0 aliphatic carbocycles. The Kier molecular flexibility index (Phi) is 11.9. The Morgan fingerprint density at radius 2 is 2.00 bits per heavy atom. The summed E-state index contributed by atoms with van der Waals surface area (Å²) in [5, 5.41) is 0. The summed E-state index contributed by atoms with van der Waals surface area (Å²) in [6.07, 6.45) is 3.49. The zero-order chi connectivity index (χ0) is 7.11.